The molecule has 2 aromatic carbocycles. The first-order valence-electron chi connectivity index (χ1n) is 6.49. The Bertz CT molecular complexity index is 686. The molecule has 0 unspecified atom stereocenters. The molecule has 0 aromatic heterocycles. The number of benzene rings is 2. The van der Waals surface area contributed by atoms with Crippen LogP contribution in [0.2, 0.25) is 0 Å². The van der Waals surface area contributed by atoms with E-state index in [9.17, 15) is 23.5 Å². The quantitative estimate of drug-likeness (QED) is 0.891. The Labute approximate surface area is 125 Å². The highest BCUT2D eigenvalue weighted by Crippen LogP contribution is 2.08. The van der Waals surface area contributed by atoms with Gasteiger partial charge in [-0.15, -0.1) is 0 Å². The average Bonchev–Trinajstić information content (AvgIpc) is 2.47. The van der Waals surface area contributed by atoms with Gasteiger partial charge >= 0.3 is 5.97 Å². The van der Waals surface area contributed by atoms with Crippen molar-refractivity contribution in [1.29, 1.82) is 0 Å². The lowest BCUT2D eigenvalue weighted by molar-refractivity contribution is -0.139. The van der Waals surface area contributed by atoms with Crippen molar-refractivity contribution in [2.45, 2.75) is 12.5 Å². The van der Waals surface area contributed by atoms with Crippen molar-refractivity contribution in [2.24, 2.45) is 0 Å². The van der Waals surface area contributed by atoms with Crippen molar-refractivity contribution in [2.75, 3.05) is 0 Å². The SMILES string of the molecule is O=C(N[C@H](Cc1cccc(F)c1)C(=O)O)c1ccc(F)cc1. The Morgan fingerprint density at radius 3 is 2.32 bits per heavy atom. The molecule has 0 saturated heterocycles. The summed E-state index contributed by atoms with van der Waals surface area (Å²) in [6.07, 6.45) is -0.0555. The fraction of sp³-hybridized carbons (Fsp3) is 0.125. The molecule has 114 valence electrons. The second kappa shape index (κ2) is 6.80. The van der Waals surface area contributed by atoms with E-state index < -0.39 is 29.6 Å². The molecule has 1 atom stereocenters. The summed E-state index contributed by atoms with van der Waals surface area (Å²) in [7, 11) is 0. The first kappa shape index (κ1) is 15.6. The second-order valence-electron chi connectivity index (χ2n) is 4.71. The van der Waals surface area contributed by atoms with E-state index in [2.05, 4.69) is 5.32 Å². The van der Waals surface area contributed by atoms with Crippen LogP contribution in [0.25, 0.3) is 0 Å². The summed E-state index contributed by atoms with van der Waals surface area (Å²) < 4.78 is 25.9. The number of carbonyl (C=O) groups excluding carboxylic acids is 1. The maximum absolute atomic E-state index is 13.1. The first-order chi connectivity index (χ1) is 10.5. The third kappa shape index (κ3) is 4.12. The standard InChI is InChI=1S/C16H13F2NO3/c17-12-6-4-11(5-7-12)15(20)19-14(16(21)22)9-10-2-1-3-13(18)8-10/h1-8,14H,9H2,(H,19,20)(H,21,22)/t14-/m1/s1. The lowest BCUT2D eigenvalue weighted by Gasteiger charge is -2.14. The normalized spacial score (nSPS) is 11.7. The van der Waals surface area contributed by atoms with Crippen LogP contribution in [-0.2, 0) is 11.2 Å². The van der Waals surface area contributed by atoms with Gasteiger partial charge in [-0.1, -0.05) is 12.1 Å². The minimum Gasteiger partial charge on any atom is -0.480 e. The van der Waals surface area contributed by atoms with E-state index in [1.807, 2.05) is 0 Å². The molecule has 0 radical (unpaired) electrons. The van der Waals surface area contributed by atoms with Crippen LogP contribution in [0.1, 0.15) is 15.9 Å². The number of amides is 1. The van der Waals surface area contributed by atoms with Gasteiger partial charge in [0.2, 0.25) is 0 Å². The third-order valence-corrected chi connectivity index (χ3v) is 3.04. The summed E-state index contributed by atoms with van der Waals surface area (Å²) in [6.45, 7) is 0. The maximum atomic E-state index is 13.1. The fourth-order valence-corrected chi connectivity index (χ4v) is 1.94. The Hall–Kier alpha value is -2.76. The number of nitrogens with one attached hydrogen (secondary N) is 1. The van der Waals surface area contributed by atoms with Crippen molar-refractivity contribution >= 4 is 11.9 Å². The van der Waals surface area contributed by atoms with Gasteiger partial charge in [-0.05, 0) is 42.0 Å². The minimum atomic E-state index is -1.24. The monoisotopic (exact) mass is 305 g/mol. The van der Waals surface area contributed by atoms with Crippen LogP contribution in [0.15, 0.2) is 48.5 Å². The summed E-state index contributed by atoms with van der Waals surface area (Å²) in [5.41, 5.74) is 0.596. The van der Waals surface area contributed by atoms with Gasteiger partial charge in [0, 0.05) is 12.0 Å². The molecule has 0 aliphatic heterocycles. The van der Waals surface area contributed by atoms with Gasteiger partial charge in [0.05, 0.1) is 0 Å². The number of aliphatic carboxylic acids is 1. The Kier molecular flexibility index (Phi) is 4.83. The van der Waals surface area contributed by atoms with Gasteiger partial charge in [0.1, 0.15) is 17.7 Å². The topological polar surface area (TPSA) is 66.4 Å². The summed E-state index contributed by atoms with van der Waals surface area (Å²) in [4.78, 5) is 23.2. The number of rotatable bonds is 5. The van der Waals surface area contributed by atoms with Crippen LogP contribution in [-0.4, -0.2) is 23.0 Å². The number of carboxylic acid groups (broad SMARTS) is 1. The van der Waals surface area contributed by atoms with Crippen molar-refractivity contribution in [1.82, 2.24) is 5.32 Å². The molecular weight excluding hydrogens is 292 g/mol. The highest BCUT2D eigenvalue weighted by Gasteiger charge is 2.21. The minimum absolute atomic E-state index is 0.0555. The number of carboxylic acids is 1. The molecule has 0 bridgehead atoms. The number of carbonyl (C=O) groups is 2. The molecule has 0 fully saturated rings. The van der Waals surface area contributed by atoms with E-state index in [4.69, 9.17) is 0 Å². The van der Waals surface area contributed by atoms with Crippen LogP contribution in [0, 0.1) is 11.6 Å². The molecule has 0 saturated carbocycles. The van der Waals surface area contributed by atoms with Crippen molar-refractivity contribution in [3.63, 3.8) is 0 Å². The van der Waals surface area contributed by atoms with Gasteiger partial charge in [0.25, 0.3) is 5.91 Å². The zero-order chi connectivity index (χ0) is 16.1. The van der Waals surface area contributed by atoms with Crippen molar-refractivity contribution in [3.8, 4) is 0 Å². The molecule has 0 aliphatic rings. The summed E-state index contributed by atoms with van der Waals surface area (Å²) in [6, 6.07) is 9.01. The largest absolute Gasteiger partial charge is 0.480 e. The van der Waals surface area contributed by atoms with E-state index in [0.717, 1.165) is 12.1 Å². The molecule has 0 heterocycles. The Morgan fingerprint density at radius 2 is 1.73 bits per heavy atom. The molecule has 2 aromatic rings. The molecule has 1 amide bonds. The molecule has 2 N–H and O–H groups in total. The molecule has 2 rings (SSSR count). The third-order valence-electron chi connectivity index (χ3n) is 3.04. The zero-order valence-electron chi connectivity index (χ0n) is 11.4. The van der Waals surface area contributed by atoms with Crippen LogP contribution < -0.4 is 5.32 Å². The maximum Gasteiger partial charge on any atom is 0.326 e. The fourth-order valence-electron chi connectivity index (χ4n) is 1.94. The first-order valence-corrected chi connectivity index (χ1v) is 6.49. The number of halogens is 2. The van der Waals surface area contributed by atoms with Crippen LogP contribution in [0.3, 0.4) is 0 Å². The van der Waals surface area contributed by atoms with Gasteiger partial charge < -0.3 is 10.4 Å². The van der Waals surface area contributed by atoms with Gasteiger partial charge in [-0.2, -0.15) is 0 Å². The van der Waals surface area contributed by atoms with Gasteiger partial charge in [0.15, 0.2) is 0 Å². The molecule has 0 aliphatic carbocycles. The van der Waals surface area contributed by atoms with Crippen LogP contribution >= 0.6 is 0 Å². The molecular formula is C16H13F2NO3. The predicted octanol–water partition coefficient (Wildman–Crippen LogP) is 2.39. The average molecular weight is 305 g/mol. The highest BCUT2D eigenvalue weighted by molar-refractivity contribution is 5.96. The highest BCUT2D eigenvalue weighted by atomic mass is 19.1. The second-order valence-corrected chi connectivity index (χ2v) is 4.71. The number of hydrogen-bond acceptors (Lipinski definition) is 2. The van der Waals surface area contributed by atoms with Crippen LogP contribution in [0.5, 0.6) is 0 Å². The van der Waals surface area contributed by atoms with Gasteiger partial charge in [-0.25, -0.2) is 13.6 Å². The van der Waals surface area contributed by atoms with E-state index in [0.29, 0.717) is 5.56 Å². The Morgan fingerprint density at radius 1 is 1.05 bits per heavy atom. The van der Waals surface area contributed by atoms with E-state index >= 15 is 0 Å². The van der Waals surface area contributed by atoms with Crippen molar-refractivity contribution in [3.05, 3.63) is 71.3 Å². The summed E-state index contributed by atoms with van der Waals surface area (Å²) in [5.74, 6) is -2.85. The number of hydrogen-bond donors (Lipinski definition) is 2. The molecule has 0 spiro atoms. The van der Waals surface area contributed by atoms with Gasteiger partial charge in [-0.3, -0.25) is 4.79 Å². The van der Waals surface area contributed by atoms with E-state index in [1.54, 1.807) is 6.07 Å². The lowest BCUT2D eigenvalue weighted by atomic mass is 10.1. The Balaban J connectivity index is 2.10. The van der Waals surface area contributed by atoms with Crippen LogP contribution in [0.4, 0.5) is 8.78 Å². The van der Waals surface area contributed by atoms with E-state index in [-0.39, 0.29) is 12.0 Å². The van der Waals surface area contributed by atoms with E-state index in [1.165, 1.54) is 30.3 Å². The predicted molar refractivity (Wildman–Crippen MR) is 75.4 cm³/mol. The molecule has 6 heteroatoms. The summed E-state index contributed by atoms with van der Waals surface area (Å²) in [5, 5.41) is 11.5. The summed E-state index contributed by atoms with van der Waals surface area (Å²) >= 11 is 0. The molecule has 4 nitrogen and oxygen atoms in total. The van der Waals surface area contributed by atoms with Crippen molar-refractivity contribution < 1.29 is 23.5 Å². The smallest absolute Gasteiger partial charge is 0.326 e. The zero-order valence-corrected chi connectivity index (χ0v) is 11.4. The lowest BCUT2D eigenvalue weighted by Crippen LogP contribution is -2.42. The molecule has 22 heavy (non-hydrogen) atoms.